The lowest BCUT2D eigenvalue weighted by molar-refractivity contribution is -0.125. The number of aromatic amines is 1. The van der Waals surface area contributed by atoms with Crippen molar-refractivity contribution in [2.24, 2.45) is 0 Å². The van der Waals surface area contributed by atoms with Crippen LogP contribution in [0.15, 0.2) is 18.2 Å². The number of nitrogens with zero attached hydrogens (tertiary/aromatic N) is 1. The summed E-state index contributed by atoms with van der Waals surface area (Å²) in [6, 6.07) is 3.88. The molecule has 2 rings (SSSR count). The maximum atomic E-state index is 13.2. The lowest BCUT2D eigenvalue weighted by atomic mass is 10.1. The Morgan fingerprint density at radius 1 is 1.45 bits per heavy atom. The maximum absolute atomic E-state index is 13.2. The third kappa shape index (κ3) is 2.90. The number of amides is 1. The van der Waals surface area contributed by atoms with E-state index in [1.54, 1.807) is 17.6 Å². The zero-order valence-electron chi connectivity index (χ0n) is 12.0. The summed E-state index contributed by atoms with van der Waals surface area (Å²) in [6.45, 7) is 7.53. The summed E-state index contributed by atoms with van der Waals surface area (Å²) in [4.78, 5) is 15.2. The molecule has 0 spiro atoms. The number of benzene rings is 1. The van der Waals surface area contributed by atoms with Gasteiger partial charge in [0.05, 0.1) is 11.0 Å². The van der Waals surface area contributed by atoms with Gasteiger partial charge in [0.1, 0.15) is 11.9 Å². The number of fused-ring (bicyclic) bond motifs is 1. The molecule has 0 aliphatic rings. The van der Waals surface area contributed by atoms with Crippen LogP contribution in [0, 0.1) is 10.6 Å². The van der Waals surface area contributed by atoms with Gasteiger partial charge in [-0.15, -0.1) is 0 Å². The van der Waals surface area contributed by atoms with Crippen molar-refractivity contribution in [3.63, 3.8) is 0 Å². The van der Waals surface area contributed by atoms with Crippen molar-refractivity contribution in [2.75, 3.05) is 0 Å². The first-order valence-electron chi connectivity index (χ1n) is 6.41. The molecular formula is C14H18FN3OS. The van der Waals surface area contributed by atoms with Crippen LogP contribution < -0.4 is 5.32 Å². The van der Waals surface area contributed by atoms with Crippen LogP contribution in [-0.2, 0) is 4.79 Å². The van der Waals surface area contributed by atoms with Crippen LogP contribution in [0.3, 0.4) is 0 Å². The molecule has 1 heterocycles. The molecule has 6 heteroatoms. The third-order valence-corrected chi connectivity index (χ3v) is 3.24. The molecule has 0 bridgehead atoms. The van der Waals surface area contributed by atoms with Crippen molar-refractivity contribution >= 4 is 29.2 Å². The van der Waals surface area contributed by atoms with E-state index in [-0.39, 0.29) is 17.3 Å². The maximum Gasteiger partial charge on any atom is 0.243 e. The van der Waals surface area contributed by atoms with E-state index in [2.05, 4.69) is 10.3 Å². The third-order valence-electron chi connectivity index (χ3n) is 2.94. The largest absolute Gasteiger partial charge is 0.350 e. The molecule has 1 aromatic carbocycles. The zero-order valence-corrected chi connectivity index (χ0v) is 12.8. The van der Waals surface area contributed by atoms with Crippen molar-refractivity contribution < 1.29 is 9.18 Å². The van der Waals surface area contributed by atoms with Crippen LogP contribution in [0.25, 0.3) is 11.0 Å². The minimum Gasteiger partial charge on any atom is -0.350 e. The van der Waals surface area contributed by atoms with E-state index in [4.69, 9.17) is 12.2 Å². The highest BCUT2D eigenvalue weighted by Gasteiger charge is 2.22. The Labute approximate surface area is 122 Å². The molecule has 1 unspecified atom stereocenters. The Morgan fingerprint density at radius 2 is 2.10 bits per heavy atom. The van der Waals surface area contributed by atoms with Crippen LogP contribution in [0.5, 0.6) is 0 Å². The number of halogens is 1. The monoisotopic (exact) mass is 295 g/mol. The van der Waals surface area contributed by atoms with Gasteiger partial charge in [-0.1, -0.05) is 0 Å². The molecular weight excluding hydrogens is 277 g/mol. The van der Waals surface area contributed by atoms with Crippen LogP contribution >= 0.6 is 12.2 Å². The summed E-state index contributed by atoms with van der Waals surface area (Å²) in [5.41, 5.74) is 0.990. The van der Waals surface area contributed by atoms with E-state index in [1.807, 2.05) is 20.8 Å². The predicted octanol–water partition coefficient (Wildman–Crippen LogP) is 3.31. The number of aromatic nitrogens is 2. The van der Waals surface area contributed by atoms with Gasteiger partial charge in [0.25, 0.3) is 0 Å². The number of carbonyl (C=O) groups is 1. The van der Waals surface area contributed by atoms with E-state index in [0.717, 1.165) is 0 Å². The topological polar surface area (TPSA) is 49.8 Å². The van der Waals surface area contributed by atoms with Gasteiger partial charge >= 0.3 is 0 Å². The lowest BCUT2D eigenvalue weighted by Crippen LogP contribution is -2.43. The number of rotatable bonds is 2. The molecule has 1 aromatic heterocycles. The van der Waals surface area contributed by atoms with E-state index in [1.165, 1.54) is 12.1 Å². The van der Waals surface area contributed by atoms with Crippen LogP contribution in [0.1, 0.15) is 33.7 Å². The standard InChI is InChI=1S/C14H18FN3OS/c1-8(12(19)17-14(2,3)4)18-11-6-5-9(15)7-10(11)16-13(18)20/h5-8H,1-4H3,(H,16,20)(H,17,19). The SMILES string of the molecule is CC(C(=O)NC(C)(C)C)n1c(=S)[nH]c2cc(F)ccc21. The zero-order chi connectivity index (χ0) is 15.1. The van der Waals surface area contributed by atoms with Gasteiger partial charge in [0.15, 0.2) is 4.77 Å². The van der Waals surface area contributed by atoms with Crippen LogP contribution in [0.2, 0.25) is 0 Å². The molecule has 0 radical (unpaired) electrons. The highest BCUT2D eigenvalue weighted by atomic mass is 32.1. The van der Waals surface area contributed by atoms with Gasteiger partial charge in [-0.05, 0) is 58.1 Å². The fraction of sp³-hybridized carbons (Fsp3) is 0.429. The Hall–Kier alpha value is -1.69. The first kappa shape index (κ1) is 14.7. The van der Waals surface area contributed by atoms with Crippen LogP contribution in [-0.4, -0.2) is 21.0 Å². The molecule has 2 N–H and O–H groups in total. The second-order valence-corrected chi connectivity index (χ2v) is 6.26. The fourth-order valence-corrected chi connectivity index (χ4v) is 2.45. The number of hydrogen-bond donors (Lipinski definition) is 2. The predicted molar refractivity (Wildman–Crippen MR) is 79.7 cm³/mol. The summed E-state index contributed by atoms with van der Waals surface area (Å²) < 4.78 is 15.3. The first-order chi connectivity index (χ1) is 9.19. The van der Waals surface area contributed by atoms with Crippen molar-refractivity contribution in [1.82, 2.24) is 14.9 Å². The minimum absolute atomic E-state index is 0.126. The van der Waals surface area contributed by atoms with E-state index >= 15 is 0 Å². The second-order valence-electron chi connectivity index (χ2n) is 5.88. The van der Waals surface area contributed by atoms with Gasteiger partial charge in [0, 0.05) is 5.54 Å². The number of nitrogens with one attached hydrogen (secondary N) is 2. The molecule has 0 saturated heterocycles. The molecule has 2 aromatic rings. The molecule has 20 heavy (non-hydrogen) atoms. The smallest absolute Gasteiger partial charge is 0.243 e. The van der Waals surface area contributed by atoms with Gasteiger partial charge in [-0.3, -0.25) is 4.79 Å². The van der Waals surface area contributed by atoms with Gasteiger partial charge in [0.2, 0.25) is 5.91 Å². The summed E-state index contributed by atoms with van der Waals surface area (Å²) in [6.07, 6.45) is 0. The molecule has 108 valence electrons. The second kappa shape index (κ2) is 5.01. The summed E-state index contributed by atoms with van der Waals surface area (Å²) in [7, 11) is 0. The molecule has 0 aliphatic carbocycles. The molecule has 0 aliphatic heterocycles. The van der Waals surface area contributed by atoms with E-state index in [0.29, 0.717) is 15.8 Å². The van der Waals surface area contributed by atoms with Gasteiger partial charge in [-0.2, -0.15) is 0 Å². The summed E-state index contributed by atoms with van der Waals surface area (Å²) in [5.74, 6) is -0.466. The molecule has 0 fully saturated rings. The number of hydrogen-bond acceptors (Lipinski definition) is 2. The summed E-state index contributed by atoms with van der Waals surface area (Å²) in [5, 5.41) is 2.92. The Bertz CT molecular complexity index is 711. The molecule has 4 nitrogen and oxygen atoms in total. The Morgan fingerprint density at radius 3 is 2.70 bits per heavy atom. The van der Waals surface area contributed by atoms with E-state index in [9.17, 15) is 9.18 Å². The van der Waals surface area contributed by atoms with Crippen molar-refractivity contribution in [3.8, 4) is 0 Å². The fourth-order valence-electron chi connectivity index (χ4n) is 2.08. The average molecular weight is 295 g/mol. The average Bonchev–Trinajstić information content (AvgIpc) is 2.60. The number of imidazole rings is 1. The lowest BCUT2D eigenvalue weighted by Gasteiger charge is -2.24. The Kier molecular flexibility index (Phi) is 3.69. The van der Waals surface area contributed by atoms with Crippen molar-refractivity contribution in [3.05, 3.63) is 28.8 Å². The van der Waals surface area contributed by atoms with Crippen LogP contribution in [0.4, 0.5) is 4.39 Å². The highest BCUT2D eigenvalue weighted by molar-refractivity contribution is 7.71. The minimum atomic E-state index is -0.471. The van der Waals surface area contributed by atoms with Gasteiger partial charge < -0.3 is 14.9 Å². The molecule has 1 amide bonds. The summed E-state index contributed by atoms with van der Waals surface area (Å²) >= 11 is 5.24. The van der Waals surface area contributed by atoms with E-state index < -0.39 is 6.04 Å². The molecule has 1 atom stereocenters. The Balaban J connectivity index is 2.45. The first-order valence-corrected chi connectivity index (χ1v) is 6.81. The quantitative estimate of drug-likeness (QED) is 0.835. The van der Waals surface area contributed by atoms with Crippen molar-refractivity contribution in [1.29, 1.82) is 0 Å². The normalized spacial score (nSPS) is 13.4. The van der Waals surface area contributed by atoms with Crippen molar-refractivity contribution in [2.45, 2.75) is 39.3 Å². The number of carbonyl (C=O) groups excluding carboxylic acids is 1. The molecule has 0 saturated carbocycles. The highest BCUT2D eigenvalue weighted by Crippen LogP contribution is 2.20. The van der Waals surface area contributed by atoms with Gasteiger partial charge in [-0.25, -0.2) is 4.39 Å². The number of H-pyrrole nitrogens is 1.